The van der Waals surface area contributed by atoms with Crippen LogP contribution >= 0.6 is 11.6 Å². The topological polar surface area (TPSA) is 79.4 Å². The van der Waals surface area contributed by atoms with Gasteiger partial charge in [0.05, 0.1) is 16.3 Å². The van der Waals surface area contributed by atoms with E-state index in [-0.39, 0.29) is 22.9 Å². The Morgan fingerprint density at radius 2 is 1.90 bits per heavy atom. The van der Waals surface area contributed by atoms with Gasteiger partial charge in [-0.1, -0.05) is 24.6 Å². The number of hydrogen-bond donors (Lipinski definition) is 1. The summed E-state index contributed by atoms with van der Waals surface area (Å²) in [5.74, 6) is -1.15. The highest BCUT2D eigenvalue weighted by atomic mass is 35.5. The molecule has 0 unspecified atom stereocenters. The molecule has 9 heteroatoms. The number of sulfonamides is 1. The van der Waals surface area contributed by atoms with Crippen molar-refractivity contribution in [2.75, 3.05) is 25.4 Å². The second kappa shape index (κ2) is 9.41. The van der Waals surface area contributed by atoms with E-state index in [1.165, 1.54) is 22.5 Å². The van der Waals surface area contributed by atoms with Crippen molar-refractivity contribution in [3.05, 3.63) is 64.7 Å². The minimum Gasteiger partial charge on any atom is -0.351 e. The predicted octanol–water partition coefficient (Wildman–Crippen LogP) is 3.38. The Morgan fingerprint density at radius 1 is 1.23 bits per heavy atom. The molecule has 0 aliphatic carbocycles. The van der Waals surface area contributed by atoms with E-state index < -0.39 is 27.2 Å². The molecule has 2 heterocycles. The standard InChI is InChI=1S/C21H25ClFN3O3S/c1-2-14-30(28,29)26-12-8-21(9-13-26,16-6-10-24-11-7-16)15-25-20(27)19-17(22)4-3-5-18(19)23/h3-7,10-11H,2,8-9,12-15H2,1H3,(H,25,27). The first-order valence-corrected chi connectivity index (χ1v) is 11.9. The number of carbonyl (C=O) groups is 1. The maximum atomic E-state index is 14.1. The number of rotatable bonds is 7. The van der Waals surface area contributed by atoms with Gasteiger partial charge in [0.15, 0.2) is 0 Å². The first-order chi connectivity index (χ1) is 14.3. The molecule has 2 aromatic rings. The van der Waals surface area contributed by atoms with Gasteiger partial charge in [-0.15, -0.1) is 0 Å². The van der Waals surface area contributed by atoms with Gasteiger partial charge >= 0.3 is 0 Å². The number of amides is 1. The molecule has 162 valence electrons. The molecular formula is C21H25ClFN3O3S. The minimum absolute atomic E-state index is 0.0472. The van der Waals surface area contributed by atoms with E-state index in [1.54, 1.807) is 12.4 Å². The van der Waals surface area contributed by atoms with Gasteiger partial charge in [-0.05, 0) is 49.1 Å². The van der Waals surface area contributed by atoms with Gasteiger partial charge in [-0.3, -0.25) is 9.78 Å². The summed E-state index contributed by atoms with van der Waals surface area (Å²) in [6.07, 6.45) is 4.98. The summed E-state index contributed by atoms with van der Waals surface area (Å²) in [6.45, 7) is 2.80. The average molecular weight is 454 g/mol. The highest BCUT2D eigenvalue weighted by molar-refractivity contribution is 7.89. The third kappa shape index (κ3) is 4.82. The van der Waals surface area contributed by atoms with Gasteiger partial charge in [0.1, 0.15) is 5.82 Å². The third-order valence-electron chi connectivity index (χ3n) is 5.60. The summed E-state index contributed by atoms with van der Waals surface area (Å²) >= 11 is 6.01. The normalized spacial score (nSPS) is 16.9. The van der Waals surface area contributed by atoms with E-state index in [1.807, 2.05) is 19.1 Å². The summed E-state index contributed by atoms with van der Waals surface area (Å²) in [4.78, 5) is 16.7. The maximum absolute atomic E-state index is 14.1. The van der Waals surface area contributed by atoms with Crippen LogP contribution in [0.5, 0.6) is 0 Å². The second-order valence-electron chi connectivity index (χ2n) is 7.51. The van der Waals surface area contributed by atoms with Crippen molar-refractivity contribution in [1.29, 1.82) is 0 Å². The molecule has 0 bridgehead atoms. The highest BCUT2D eigenvalue weighted by Gasteiger charge is 2.39. The third-order valence-corrected chi connectivity index (χ3v) is 8.00. The molecule has 1 aliphatic rings. The molecular weight excluding hydrogens is 429 g/mol. The zero-order chi connectivity index (χ0) is 21.8. The van der Waals surface area contributed by atoms with E-state index in [9.17, 15) is 17.6 Å². The highest BCUT2D eigenvalue weighted by Crippen LogP contribution is 2.36. The van der Waals surface area contributed by atoms with Crippen LogP contribution in [0.4, 0.5) is 4.39 Å². The Bertz CT molecular complexity index is 974. The number of hydrogen-bond acceptors (Lipinski definition) is 4. The van der Waals surface area contributed by atoms with Gasteiger partial charge < -0.3 is 5.32 Å². The minimum atomic E-state index is -3.28. The van der Waals surface area contributed by atoms with Gasteiger partial charge in [0.25, 0.3) is 5.91 Å². The summed E-state index contributed by atoms with van der Waals surface area (Å²) in [5, 5.41) is 2.86. The van der Waals surface area contributed by atoms with Crippen molar-refractivity contribution >= 4 is 27.5 Å². The molecule has 3 rings (SSSR count). The largest absolute Gasteiger partial charge is 0.351 e. The van der Waals surface area contributed by atoms with Crippen molar-refractivity contribution in [2.24, 2.45) is 0 Å². The van der Waals surface area contributed by atoms with Crippen LogP contribution in [0.25, 0.3) is 0 Å². The van der Waals surface area contributed by atoms with E-state index >= 15 is 0 Å². The molecule has 1 aromatic heterocycles. The van der Waals surface area contributed by atoms with E-state index in [0.29, 0.717) is 32.4 Å². The lowest BCUT2D eigenvalue weighted by atomic mass is 9.73. The molecule has 30 heavy (non-hydrogen) atoms. The molecule has 0 spiro atoms. The molecule has 0 radical (unpaired) electrons. The predicted molar refractivity (Wildman–Crippen MR) is 115 cm³/mol. The summed E-state index contributed by atoms with van der Waals surface area (Å²) in [7, 11) is -3.28. The Labute approximate surface area is 181 Å². The Kier molecular flexibility index (Phi) is 7.10. The lowest BCUT2D eigenvalue weighted by Gasteiger charge is -2.41. The molecule has 0 saturated carbocycles. The fourth-order valence-corrected chi connectivity index (χ4v) is 5.67. The van der Waals surface area contributed by atoms with Crippen LogP contribution < -0.4 is 5.32 Å². The van der Waals surface area contributed by atoms with Gasteiger partial charge in [-0.25, -0.2) is 17.1 Å². The van der Waals surface area contributed by atoms with Gasteiger partial charge in [-0.2, -0.15) is 0 Å². The first kappa shape index (κ1) is 22.7. The Morgan fingerprint density at radius 3 is 2.50 bits per heavy atom. The summed E-state index contributed by atoms with van der Waals surface area (Å²) in [6, 6.07) is 7.85. The SMILES string of the molecule is CCCS(=O)(=O)N1CCC(CNC(=O)c2c(F)cccc2Cl)(c2ccncc2)CC1. The lowest BCUT2D eigenvalue weighted by Crippen LogP contribution is -2.50. The first-order valence-electron chi connectivity index (χ1n) is 9.89. The van der Waals surface area contributed by atoms with E-state index in [2.05, 4.69) is 10.3 Å². The molecule has 6 nitrogen and oxygen atoms in total. The zero-order valence-corrected chi connectivity index (χ0v) is 18.3. The molecule has 1 fully saturated rings. The zero-order valence-electron chi connectivity index (χ0n) is 16.8. The Balaban J connectivity index is 1.81. The molecule has 1 aromatic carbocycles. The van der Waals surface area contributed by atoms with Crippen LogP contribution in [0, 0.1) is 5.82 Å². The molecule has 0 atom stereocenters. The van der Waals surface area contributed by atoms with Crippen LogP contribution in [-0.4, -0.2) is 49.0 Å². The van der Waals surface area contributed by atoms with Crippen molar-refractivity contribution < 1.29 is 17.6 Å². The summed E-state index contributed by atoms with van der Waals surface area (Å²) in [5.41, 5.74) is 0.297. The van der Waals surface area contributed by atoms with Crippen molar-refractivity contribution in [1.82, 2.24) is 14.6 Å². The van der Waals surface area contributed by atoms with Gasteiger partial charge in [0.2, 0.25) is 10.0 Å². The monoisotopic (exact) mass is 453 g/mol. The molecule has 1 N–H and O–H groups in total. The summed E-state index contributed by atoms with van der Waals surface area (Å²) < 4.78 is 40.5. The fraction of sp³-hybridized carbons (Fsp3) is 0.429. The smallest absolute Gasteiger partial charge is 0.255 e. The quantitative estimate of drug-likeness (QED) is 0.697. The van der Waals surface area contributed by atoms with Crippen LogP contribution in [0.3, 0.4) is 0 Å². The fourth-order valence-electron chi connectivity index (χ4n) is 3.91. The van der Waals surface area contributed by atoms with Crippen molar-refractivity contribution in [2.45, 2.75) is 31.6 Å². The molecule has 1 amide bonds. The Hall–Kier alpha value is -2.03. The lowest BCUT2D eigenvalue weighted by molar-refractivity contribution is 0.0929. The number of carbonyl (C=O) groups excluding carboxylic acids is 1. The van der Waals surface area contributed by atoms with Crippen molar-refractivity contribution in [3.8, 4) is 0 Å². The maximum Gasteiger partial charge on any atom is 0.255 e. The molecule has 1 saturated heterocycles. The number of piperidine rings is 1. The van der Waals surface area contributed by atoms with Crippen LogP contribution in [-0.2, 0) is 15.4 Å². The van der Waals surface area contributed by atoms with Gasteiger partial charge in [0, 0.05) is 37.4 Å². The van der Waals surface area contributed by atoms with E-state index in [0.717, 1.165) is 5.56 Å². The van der Waals surface area contributed by atoms with Crippen LogP contribution in [0.15, 0.2) is 42.7 Å². The molecule has 1 aliphatic heterocycles. The number of halogens is 2. The number of nitrogens with one attached hydrogen (secondary N) is 1. The van der Waals surface area contributed by atoms with Crippen LogP contribution in [0.1, 0.15) is 42.1 Å². The van der Waals surface area contributed by atoms with Crippen LogP contribution in [0.2, 0.25) is 5.02 Å². The average Bonchev–Trinajstić information content (AvgIpc) is 2.73. The number of benzene rings is 1. The number of pyridine rings is 1. The second-order valence-corrected chi connectivity index (χ2v) is 10.0. The van der Waals surface area contributed by atoms with Crippen molar-refractivity contribution in [3.63, 3.8) is 0 Å². The number of nitrogens with zero attached hydrogens (tertiary/aromatic N) is 2. The van der Waals surface area contributed by atoms with E-state index in [4.69, 9.17) is 11.6 Å². The number of aromatic nitrogens is 1.